The molecule has 34 heavy (non-hydrogen) atoms. The van der Waals surface area contributed by atoms with Crippen molar-refractivity contribution in [1.82, 2.24) is 14.5 Å². The Morgan fingerprint density at radius 3 is 2.71 bits per heavy atom. The van der Waals surface area contributed by atoms with Crippen LogP contribution in [-0.2, 0) is 16.3 Å². The van der Waals surface area contributed by atoms with Crippen molar-refractivity contribution in [3.63, 3.8) is 0 Å². The molecule has 1 saturated carbocycles. The van der Waals surface area contributed by atoms with E-state index in [1.165, 1.54) is 19.1 Å². The van der Waals surface area contributed by atoms with E-state index in [0.717, 1.165) is 47.6 Å². The molecule has 0 amide bonds. The van der Waals surface area contributed by atoms with Gasteiger partial charge in [0.25, 0.3) is 0 Å². The number of hydrogen-bond acceptors (Lipinski definition) is 6. The zero-order valence-corrected chi connectivity index (χ0v) is 20.9. The summed E-state index contributed by atoms with van der Waals surface area (Å²) >= 11 is 0. The molecule has 0 unspecified atom stereocenters. The van der Waals surface area contributed by atoms with Gasteiger partial charge in [0.1, 0.15) is 27.2 Å². The van der Waals surface area contributed by atoms with E-state index in [1.54, 1.807) is 0 Å². The van der Waals surface area contributed by atoms with Crippen LogP contribution in [0.1, 0.15) is 44.9 Å². The minimum absolute atomic E-state index is 0.120. The van der Waals surface area contributed by atoms with Gasteiger partial charge in [-0.1, -0.05) is 13.0 Å². The Labute approximate surface area is 202 Å². The Morgan fingerprint density at radius 1 is 1.18 bits per heavy atom. The van der Waals surface area contributed by atoms with Gasteiger partial charge in [-0.2, -0.15) is 0 Å². The van der Waals surface area contributed by atoms with Crippen molar-refractivity contribution in [3.8, 4) is 11.6 Å². The number of rotatable bonds is 10. The second kappa shape index (κ2) is 10.9. The normalized spacial score (nSPS) is 19.9. The number of aromatic nitrogens is 3. The third-order valence-electron chi connectivity index (χ3n) is 7.01. The molecule has 7 nitrogen and oxygen atoms in total. The van der Waals surface area contributed by atoms with Gasteiger partial charge in [-0.25, -0.2) is 18.4 Å². The second-order valence-electron chi connectivity index (χ2n) is 9.68. The highest BCUT2D eigenvalue weighted by Crippen LogP contribution is 2.34. The van der Waals surface area contributed by atoms with Crippen molar-refractivity contribution in [2.24, 2.45) is 17.8 Å². The summed E-state index contributed by atoms with van der Waals surface area (Å²) in [5.41, 5.74) is 0.987. The lowest BCUT2D eigenvalue weighted by molar-refractivity contribution is 0.146. The maximum atomic E-state index is 11.3. The predicted octanol–water partition coefficient (Wildman–Crippen LogP) is 4.21. The van der Waals surface area contributed by atoms with E-state index >= 15 is 0 Å². The van der Waals surface area contributed by atoms with Crippen LogP contribution in [0.3, 0.4) is 0 Å². The van der Waals surface area contributed by atoms with Gasteiger partial charge < -0.3 is 14.4 Å². The molecule has 184 valence electrons. The lowest BCUT2D eigenvalue weighted by Crippen LogP contribution is -2.23. The SMILES string of the molecule is C[C@@H](Cc1nccc(-n2ccc3c(OCCCS(C)(=O)=O)cccc32)n1)C1CCC(CO)CC1. The van der Waals surface area contributed by atoms with Crippen LogP contribution in [0, 0.1) is 17.8 Å². The van der Waals surface area contributed by atoms with Crippen LogP contribution in [0.2, 0.25) is 0 Å². The first-order valence-electron chi connectivity index (χ1n) is 12.2. The third-order valence-corrected chi connectivity index (χ3v) is 8.04. The molecule has 3 aromatic rings. The second-order valence-corrected chi connectivity index (χ2v) is 11.9. The zero-order valence-electron chi connectivity index (χ0n) is 20.1. The quantitative estimate of drug-likeness (QED) is 0.432. The lowest BCUT2D eigenvalue weighted by atomic mass is 9.75. The van der Waals surface area contributed by atoms with E-state index in [0.29, 0.717) is 37.4 Å². The largest absolute Gasteiger partial charge is 0.493 e. The molecule has 0 bridgehead atoms. The van der Waals surface area contributed by atoms with Crippen LogP contribution >= 0.6 is 0 Å². The Kier molecular flexibility index (Phi) is 7.88. The van der Waals surface area contributed by atoms with Gasteiger partial charge >= 0.3 is 0 Å². The minimum atomic E-state index is -2.99. The topological polar surface area (TPSA) is 94.3 Å². The van der Waals surface area contributed by atoms with Gasteiger partial charge in [0.05, 0.1) is 17.9 Å². The molecule has 1 aromatic carbocycles. The minimum Gasteiger partial charge on any atom is -0.493 e. The summed E-state index contributed by atoms with van der Waals surface area (Å²) in [4.78, 5) is 9.41. The molecule has 0 aliphatic heterocycles. The first-order valence-corrected chi connectivity index (χ1v) is 14.2. The molecule has 0 radical (unpaired) electrons. The predicted molar refractivity (Wildman–Crippen MR) is 134 cm³/mol. The number of nitrogens with zero attached hydrogens (tertiary/aromatic N) is 3. The van der Waals surface area contributed by atoms with E-state index < -0.39 is 9.84 Å². The zero-order chi connectivity index (χ0) is 24.1. The van der Waals surface area contributed by atoms with Gasteiger partial charge in [0.2, 0.25) is 0 Å². The summed E-state index contributed by atoms with van der Waals surface area (Å²) < 4.78 is 30.6. The van der Waals surface area contributed by atoms with Crippen LogP contribution < -0.4 is 4.74 Å². The number of aliphatic hydroxyl groups excluding tert-OH is 1. The van der Waals surface area contributed by atoms with Crippen molar-refractivity contribution in [2.45, 2.75) is 45.4 Å². The smallest absolute Gasteiger partial charge is 0.147 e. The molecule has 0 saturated heterocycles. The average molecular weight is 486 g/mol. The van der Waals surface area contributed by atoms with Gasteiger partial charge in [-0.3, -0.25) is 0 Å². The van der Waals surface area contributed by atoms with Gasteiger partial charge in [-0.05, 0) is 74.1 Å². The van der Waals surface area contributed by atoms with E-state index in [1.807, 2.05) is 47.3 Å². The number of sulfone groups is 1. The van der Waals surface area contributed by atoms with Crippen molar-refractivity contribution < 1.29 is 18.3 Å². The van der Waals surface area contributed by atoms with Gasteiger partial charge in [0.15, 0.2) is 0 Å². The number of benzene rings is 1. The van der Waals surface area contributed by atoms with Crippen molar-refractivity contribution >= 4 is 20.7 Å². The summed E-state index contributed by atoms with van der Waals surface area (Å²) in [5.74, 6) is 4.17. The Hall–Kier alpha value is -2.45. The number of ether oxygens (including phenoxy) is 1. The molecule has 1 N–H and O–H groups in total. The molecular weight excluding hydrogens is 450 g/mol. The summed E-state index contributed by atoms with van der Waals surface area (Å²) in [7, 11) is -2.99. The Morgan fingerprint density at radius 2 is 1.97 bits per heavy atom. The van der Waals surface area contributed by atoms with Crippen LogP contribution in [0.5, 0.6) is 5.75 Å². The van der Waals surface area contributed by atoms with Crippen molar-refractivity contribution in [2.75, 3.05) is 25.2 Å². The Balaban J connectivity index is 1.45. The molecular formula is C26H35N3O4S. The average Bonchev–Trinajstić information content (AvgIpc) is 3.26. The molecule has 1 aliphatic rings. The molecule has 1 fully saturated rings. The fourth-order valence-corrected chi connectivity index (χ4v) is 5.63. The highest BCUT2D eigenvalue weighted by atomic mass is 32.2. The summed E-state index contributed by atoms with van der Waals surface area (Å²) in [6.07, 6.45) is 10.9. The van der Waals surface area contributed by atoms with E-state index in [4.69, 9.17) is 9.72 Å². The number of hydrogen-bond donors (Lipinski definition) is 1. The molecule has 2 heterocycles. The van der Waals surface area contributed by atoms with Gasteiger partial charge in [0, 0.05) is 37.1 Å². The maximum absolute atomic E-state index is 11.3. The third kappa shape index (κ3) is 6.16. The fraction of sp³-hybridized carbons (Fsp3) is 0.538. The molecule has 4 rings (SSSR count). The van der Waals surface area contributed by atoms with Crippen molar-refractivity contribution in [3.05, 3.63) is 48.5 Å². The Bertz CT molecular complexity index is 1200. The van der Waals surface area contributed by atoms with E-state index in [9.17, 15) is 13.5 Å². The van der Waals surface area contributed by atoms with Crippen LogP contribution in [-0.4, -0.2) is 53.3 Å². The first kappa shape index (κ1) is 24.7. The fourth-order valence-electron chi connectivity index (χ4n) is 4.98. The molecule has 0 spiro atoms. The molecule has 1 aliphatic carbocycles. The standard InChI is InChI=1S/C26H35N3O4S/c1-19(21-9-7-20(18-30)8-10-21)17-25-27-13-11-26(28-25)29-14-12-22-23(29)5-3-6-24(22)33-15-4-16-34(2,31)32/h3,5-6,11-14,19-21,30H,4,7-10,15-18H2,1-2H3/t19-,20?,21?/m0/s1. The molecule has 8 heteroatoms. The van der Waals surface area contributed by atoms with Crippen LogP contribution in [0.25, 0.3) is 16.7 Å². The van der Waals surface area contributed by atoms with Crippen LogP contribution in [0.4, 0.5) is 0 Å². The highest BCUT2D eigenvalue weighted by Gasteiger charge is 2.25. The summed E-state index contributed by atoms with van der Waals surface area (Å²) in [6, 6.07) is 9.80. The number of fused-ring (bicyclic) bond motifs is 1. The van der Waals surface area contributed by atoms with Crippen molar-refractivity contribution in [1.29, 1.82) is 0 Å². The molecule has 1 atom stereocenters. The molecule has 2 aromatic heterocycles. The van der Waals surface area contributed by atoms with Crippen LogP contribution in [0.15, 0.2) is 42.7 Å². The first-order chi connectivity index (χ1) is 16.3. The van der Waals surface area contributed by atoms with E-state index in [-0.39, 0.29) is 5.75 Å². The maximum Gasteiger partial charge on any atom is 0.147 e. The summed E-state index contributed by atoms with van der Waals surface area (Å²) in [5, 5.41) is 10.4. The lowest BCUT2D eigenvalue weighted by Gasteiger charge is -2.31. The van der Waals surface area contributed by atoms with Gasteiger partial charge in [-0.15, -0.1) is 0 Å². The monoisotopic (exact) mass is 485 g/mol. The number of aliphatic hydroxyl groups is 1. The highest BCUT2D eigenvalue weighted by molar-refractivity contribution is 7.90. The van der Waals surface area contributed by atoms with E-state index in [2.05, 4.69) is 11.9 Å². The summed E-state index contributed by atoms with van der Waals surface area (Å²) in [6.45, 7) is 2.95.